The van der Waals surface area contributed by atoms with E-state index in [0.29, 0.717) is 10.6 Å². The Morgan fingerprint density at radius 2 is 2.26 bits per heavy atom. The number of rotatable bonds is 3. The second-order valence-electron chi connectivity index (χ2n) is 3.61. The standard InChI is InChI=1S/C13H9ClIN3O/c14-12-4-3-10(15)6-11(12)13(19)18-17-8-9-2-1-5-16-7-9/h1-8H,(H,18,19)/b17-8+. The van der Waals surface area contributed by atoms with Crippen molar-refractivity contribution in [3.63, 3.8) is 0 Å². The van der Waals surface area contributed by atoms with Crippen LogP contribution in [-0.4, -0.2) is 17.1 Å². The van der Waals surface area contributed by atoms with Crippen LogP contribution in [0.3, 0.4) is 0 Å². The van der Waals surface area contributed by atoms with Gasteiger partial charge in [0.1, 0.15) is 0 Å². The summed E-state index contributed by atoms with van der Waals surface area (Å²) in [5.74, 6) is -0.344. The molecule has 1 aromatic carbocycles. The van der Waals surface area contributed by atoms with Gasteiger partial charge in [0.15, 0.2) is 0 Å². The molecular weight excluding hydrogens is 377 g/mol. The molecule has 0 aliphatic heterocycles. The summed E-state index contributed by atoms with van der Waals surface area (Å²) < 4.78 is 0.934. The summed E-state index contributed by atoms with van der Waals surface area (Å²) in [6, 6.07) is 8.85. The van der Waals surface area contributed by atoms with Crippen LogP contribution in [0.25, 0.3) is 0 Å². The van der Waals surface area contributed by atoms with Gasteiger partial charge in [-0.1, -0.05) is 17.7 Å². The number of hydrogen-bond donors (Lipinski definition) is 1. The summed E-state index contributed by atoms with van der Waals surface area (Å²) in [6.07, 6.45) is 4.84. The highest BCUT2D eigenvalue weighted by Gasteiger charge is 2.09. The smallest absolute Gasteiger partial charge is 0.267 e. The minimum atomic E-state index is -0.344. The largest absolute Gasteiger partial charge is 0.272 e. The van der Waals surface area contributed by atoms with Crippen molar-refractivity contribution in [1.82, 2.24) is 10.4 Å². The average molecular weight is 386 g/mol. The number of hydrazone groups is 1. The number of halogens is 2. The first-order chi connectivity index (χ1) is 9.16. The third-order valence-corrected chi connectivity index (χ3v) is 3.24. The Labute approximate surface area is 129 Å². The second-order valence-corrected chi connectivity index (χ2v) is 5.26. The molecule has 0 saturated heterocycles. The Morgan fingerprint density at radius 1 is 1.42 bits per heavy atom. The maximum atomic E-state index is 11.9. The first-order valence-electron chi connectivity index (χ1n) is 5.35. The van der Waals surface area contributed by atoms with Crippen molar-refractivity contribution in [2.24, 2.45) is 5.10 Å². The predicted molar refractivity (Wildman–Crippen MR) is 83.5 cm³/mol. The van der Waals surface area contributed by atoms with Crippen molar-refractivity contribution in [2.45, 2.75) is 0 Å². The fourth-order valence-electron chi connectivity index (χ4n) is 1.35. The first-order valence-corrected chi connectivity index (χ1v) is 6.81. The molecule has 96 valence electrons. The maximum absolute atomic E-state index is 11.9. The van der Waals surface area contributed by atoms with Gasteiger partial charge in [0.05, 0.1) is 16.8 Å². The lowest BCUT2D eigenvalue weighted by atomic mass is 10.2. The number of pyridine rings is 1. The highest BCUT2D eigenvalue weighted by molar-refractivity contribution is 14.1. The zero-order chi connectivity index (χ0) is 13.7. The normalized spacial score (nSPS) is 10.6. The van der Waals surface area contributed by atoms with Gasteiger partial charge >= 0.3 is 0 Å². The molecule has 1 N–H and O–H groups in total. The highest BCUT2D eigenvalue weighted by Crippen LogP contribution is 2.18. The Morgan fingerprint density at radius 3 is 3.00 bits per heavy atom. The van der Waals surface area contributed by atoms with Gasteiger partial charge in [-0.05, 0) is 46.9 Å². The number of amides is 1. The van der Waals surface area contributed by atoms with Gasteiger partial charge in [0.2, 0.25) is 0 Å². The van der Waals surface area contributed by atoms with Gasteiger partial charge in [-0.15, -0.1) is 0 Å². The van der Waals surface area contributed by atoms with Gasteiger partial charge in [0.25, 0.3) is 5.91 Å². The third kappa shape index (κ3) is 4.00. The number of nitrogens with zero attached hydrogens (tertiary/aromatic N) is 2. The number of carbonyl (C=O) groups excluding carboxylic acids is 1. The van der Waals surface area contributed by atoms with E-state index in [2.05, 4.69) is 38.1 Å². The quantitative estimate of drug-likeness (QED) is 0.501. The molecule has 0 spiro atoms. The van der Waals surface area contributed by atoms with E-state index in [9.17, 15) is 4.79 Å². The molecule has 0 saturated carbocycles. The lowest BCUT2D eigenvalue weighted by Crippen LogP contribution is -2.18. The van der Waals surface area contributed by atoms with Gasteiger partial charge in [-0.3, -0.25) is 9.78 Å². The van der Waals surface area contributed by atoms with Gasteiger partial charge in [-0.25, -0.2) is 5.43 Å². The van der Waals surface area contributed by atoms with E-state index in [-0.39, 0.29) is 5.91 Å². The van der Waals surface area contributed by atoms with Crippen molar-refractivity contribution < 1.29 is 4.79 Å². The predicted octanol–water partition coefficient (Wildman–Crippen LogP) is 3.10. The number of hydrogen-bond acceptors (Lipinski definition) is 3. The number of aromatic nitrogens is 1. The Hall–Kier alpha value is -1.47. The van der Waals surface area contributed by atoms with E-state index in [0.717, 1.165) is 9.13 Å². The number of carbonyl (C=O) groups is 1. The van der Waals surface area contributed by atoms with Crippen molar-refractivity contribution in [3.8, 4) is 0 Å². The van der Waals surface area contributed by atoms with Crippen molar-refractivity contribution in [2.75, 3.05) is 0 Å². The second kappa shape index (κ2) is 6.63. The van der Waals surface area contributed by atoms with E-state index in [1.165, 1.54) is 6.21 Å². The molecule has 19 heavy (non-hydrogen) atoms. The molecular formula is C13H9ClIN3O. The molecule has 2 aromatic rings. The molecule has 1 amide bonds. The summed E-state index contributed by atoms with van der Waals surface area (Å²) in [5, 5.41) is 4.26. The van der Waals surface area contributed by atoms with Crippen LogP contribution in [0.15, 0.2) is 47.8 Å². The molecule has 0 radical (unpaired) electrons. The van der Waals surface area contributed by atoms with Crippen LogP contribution in [0.2, 0.25) is 5.02 Å². The van der Waals surface area contributed by atoms with Gasteiger partial charge in [-0.2, -0.15) is 5.10 Å². The minimum absolute atomic E-state index is 0.344. The monoisotopic (exact) mass is 385 g/mol. The third-order valence-electron chi connectivity index (χ3n) is 2.24. The topological polar surface area (TPSA) is 54.4 Å². The van der Waals surface area contributed by atoms with E-state index in [1.807, 2.05) is 12.1 Å². The van der Waals surface area contributed by atoms with Crippen LogP contribution in [0.5, 0.6) is 0 Å². The average Bonchev–Trinajstić information content (AvgIpc) is 2.42. The SMILES string of the molecule is O=C(N/N=C/c1cccnc1)c1cc(I)ccc1Cl. The summed E-state index contributed by atoms with van der Waals surface area (Å²) in [4.78, 5) is 15.8. The molecule has 4 nitrogen and oxygen atoms in total. The first kappa shape index (κ1) is 14.0. The van der Waals surface area contributed by atoms with Gasteiger partial charge in [0, 0.05) is 21.5 Å². The Balaban J connectivity index is 2.06. The molecule has 1 aromatic heterocycles. The molecule has 0 aliphatic rings. The fraction of sp³-hybridized carbons (Fsp3) is 0. The van der Waals surface area contributed by atoms with Crippen LogP contribution in [0, 0.1) is 3.57 Å². The van der Waals surface area contributed by atoms with E-state index >= 15 is 0 Å². The molecule has 1 heterocycles. The fourth-order valence-corrected chi connectivity index (χ4v) is 2.04. The Kier molecular flexibility index (Phi) is 4.86. The van der Waals surface area contributed by atoms with Crippen molar-refractivity contribution in [1.29, 1.82) is 0 Å². The summed E-state index contributed by atoms with van der Waals surface area (Å²) in [5.41, 5.74) is 3.63. The lowest BCUT2D eigenvalue weighted by Gasteiger charge is -2.03. The van der Waals surface area contributed by atoms with Crippen LogP contribution < -0.4 is 5.43 Å². The van der Waals surface area contributed by atoms with Crippen LogP contribution in [0.4, 0.5) is 0 Å². The zero-order valence-corrected chi connectivity index (χ0v) is 12.6. The lowest BCUT2D eigenvalue weighted by molar-refractivity contribution is 0.0955. The van der Waals surface area contributed by atoms with E-state index in [1.54, 1.807) is 30.6 Å². The molecule has 0 fully saturated rings. The zero-order valence-electron chi connectivity index (χ0n) is 9.68. The van der Waals surface area contributed by atoms with Crippen molar-refractivity contribution in [3.05, 3.63) is 62.4 Å². The highest BCUT2D eigenvalue weighted by atomic mass is 127. The molecule has 2 rings (SSSR count). The summed E-state index contributed by atoms with van der Waals surface area (Å²) >= 11 is 8.08. The summed E-state index contributed by atoms with van der Waals surface area (Å²) in [6.45, 7) is 0. The van der Waals surface area contributed by atoms with Gasteiger partial charge < -0.3 is 0 Å². The molecule has 0 bridgehead atoms. The van der Waals surface area contributed by atoms with Crippen LogP contribution >= 0.6 is 34.2 Å². The Bertz CT molecular complexity index is 617. The number of nitrogens with one attached hydrogen (secondary N) is 1. The van der Waals surface area contributed by atoms with Crippen molar-refractivity contribution >= 4 is 46.3 Å². The molecule has 0 atom stereocenters. The minimum Gasteiger partial charge on any atom is -0.267 e. The molecule has 0 aliphatic carbocycles. The summed E-state index contributed by atoms with van der Waals surface area (Å²) in [7, 11) is 0. The van der Waals surface area contributed by atoms with Crippen LogP contribution in [0.1, 0.15) is 15.9 Å². The maximum Gasteiger partial charge on any atom is 0.272 e. The molecule has 0 unspecified atom stereocenters. The van der Waals surface area contributed by atoms with E-state index < -0.39 is 0 Å². The number of benzene rings is 1. The van der Waals surface area contributed by atoms with Crippen LogP contribution in [-0.2, 0) is 0 Å². The molecule has 6 heteroatoms. The van der Waals surface area contributed by atoms with E-state index in [4.69, 9.17) is 11.6 Å².